The molecule has 28 heavy (non-hydrogen) atoms. The van der Waals surface area contributed by atoms with Crippen molar-refractivity contribution >= 4 is 11.0 Å². The van der Waals surface area contributed by atoms with Crippen LogP contribution in [0.15, 0.2) is 76.5 Å². The van der Waals surface area contributed by atoms with Crippen molar-refractivity contribution in [2.24, 2.45) is 0 Å². The third-order valence-electron chi connectivity index (χ3n) is 4.48. The molecule has 2 aromatic heterocycles. The number of aromatic nitrogens is 2. The molecular weight excluding hydrogens is 356 g/mol. The van der Waals surface area contributed by atoms with Crippen LogP contribution in [0.25, 0.3) is 22.3 Å². The van der Waals surface area contributed by atoms with Crippen LogP contribution < -0.4 is 10.2 Å². The van der Waals surface area contributed by atoms with E-state index < -0.39 is 0 Å². The van der Waals surface area contributed by atoms with Gasteiger partial charge in [0.25, 0.3) is 0 Å². The van der Waals surface area contributed by atoms with Crippen molar-refractivity contribution in [2.75, 3.05) is 6.61 Å². The molecule has 0 unspecified atom stereocenters. The average Bonchev–Trinajstić information content (AvgIpc) is 3.21. The summed E-state index contributed by atoms with van der Waals surface area (Å²) in [6.45, 7) is 1.38. The van der Waals surface area contributed by atoms with E-state index in [-0.39, 0.29) is 16.6 Å². The summed E-state index contributed by atoms with van der Waals surface area (Å²) in [5.74, 6) is 0.787. The van der Waals surface area contributed by atoms with Crippen LogP contribution in [0.2, 0.25) is 0 Å². The second-order valence-corrected chi connectivity index (χ2v) is 6.51. The normalized spacial score (nSPS) is 11.0. The number of rotatable bonds is 7. The molecular formula is C22H20N2O4. The number of phenols is 1. The SMILES string of the molecule is O=c1cc(-c2ccccc2)oc2cc(OCCCCn3ccnc3)cc(O)c12. The fourth-order valence-corrected chi connectivity index (χ4v) is 3.08. The Labute approximate surface area is 161 Å². The van der Waals surface area contributed by atoms with Gasteiger partial charge in [0.15, 0.2) is 5.43 Å². The van der Waals surface area contributed by atoms with E-state index in [1.165, 1.54) is 12.1 Å². The summed E-state index contributed by atoms with van der Waals surface area (Å²) in [5, 5.41) is 10.4. The first-order valence-electron chi connectivity index (χ1n) is 9.15. The third-order valence-corrected chi connectivity index (χ3v) is 4.48. The molecule has 4 rings (SSSR count). The van der Waals surface area contributed by atoms with Crippen LogP contribution in [-0.2, 0) is 6.54 Å². The molecule has 2 aromatic carbocycles. The maximum absolute atomic E-state index is 12.4. The van der Waals surface area contributed by atoms with Gasteiger partial charge in [-0.25, -0.2) is 4.98 Å². The molecule has 0 spiro atoms. The van der Waals surface area contributed by atoms with Gasteiger partial charge in [-0.05, 0) is 12.8 Å². The maximum Gasteiger partial charge on any atom is 0.197 e. The van der Waals surface area contributed by atoms with Crippen LogP contribution in [0, 0.1) is 0 Å². The second kappa shape index (κ2) is 8.00. The van der Waals surface area contributed by atoms with E-state index in [0.29, 0.717) is 23.7 Å². The Morgan fingerprint density at radius 1 is 1.11 bits per heavy atom. The van der Waals surface area contributed by atoms with Gasteiger partial charge in [-0.3, -0.25) is 4.79 Å². The Kier molecular flexibility index (Phi) is 5.10. The quantitative estimate of drug-likeness (QED) is 0.489. The molecule has 0 bridgehead atoms. The van der Waals surface area contributed by atoms with Gasteiger partial charge < -0.3 is 18.8 Å². The molecule has 2 heterocycles. The summed E-state index contributed by atoms with van der Waals surface area (Å²) in [7, 11) is 0. The van der Waals surface area contributed by atoms with E-state index in [9.17, 15) is 9.90 Å². The molecule has 0 atom stereocenters. The number of ether oxygens (including phenoxy) is 1. The largest absolute Gasteiger partial charge is 0.507 e. The fraction of sp³-hybridized carbons (Fsp3) is 0.182. The third kappa shape index (κ3) is 3.91. The minimum atomic E-state index is -0.288. The molecule has 6 heteroatoms. The summed E-state index contributed by atoms with van der Waals surface area (Å²) in [4.78, 5) is 16.5. The highest BCUT2D eigenvalue weighted by Gasteiger charge is 2.12. The number of fused-ring (bicyclic) bond motifs is 1. The first-order valence-corrected chi connectivity index (χ1v) is 9.15. The van der Waals surface area contributed by atoms with Crippen molar-refractivity contribution in [1.29, 1.82) is 0 Å². The van der Waals surface area contributed by atoms with E-state index in [1.807, 2.05) is 41.1 Å². The molecule has 0 fully saturated rings. The zero-order chi connectivity index (χ0) is 19.3. The van der Waals surface area contributed by atoms with Crippen molar-refractivity contribution in [2.45, 2.75) is 19.4 Å². The molecule has 0 saturated carbocycles. The Balaban J connectivity index is 1.50. The van der Waals surface area contributed by atoms with Crippen LogP contribution >= 0.6 is 0 Å². The van der Waals surface area contributed by atoms with E-state index in [4.69, 9.17) is 9.15 Å². The van der Waals surface area contributed by atoms with Gasteiger partial charge in [0, 0.05) is 42.7 Å². The first kappa shape index (κ1) is 17.9. The van der Waals surface area contributed by atoms with E-state index >= 15 is 0 Å². The van der Waals surface area contributed by atoms with Gasteiger partial charge in [0.1, 0.15) is 28.2 Å². The maximum atomic E-state index is 12.4. The lowest BCUT2D eigenvalue weighted by Gasteiger charge is -2.09. The molecule has 1 N–H and O–H groups in total. The lowest BCUT2D eigenvalue weighted by Crippen LogP contribution is -2.03. The highest BCUT2D eigenvalue weighted by molar-refractivity contribution is 5.86. The Bertz CT molecular complexity index is 1120. The van der Waals surface area contributed by atoms with Crippen LogP contribution in [-0.4, -0.2) is 21.3 Å². The minimum Gasteiger partial charge on any atom is -0.507 e. The van der Waals surface area contributed by atoms with Gasteiger partial charge in [0.2, 0.25) is 0 Å². The number of hydrogen-bond donors (Lipinski definition) is 1. The first-order chi connectivity index (χ1) is 13.7. The summed E-state index contributed by atoms with van der Waals surface area (Å²) in [6, 6.07) is 13.9. The Morgan fingerprint density at radius 3 is 2.75 bits per heavy atom. The summed E-state index contributed by atoms with van der Waals surface area (Å²) in [5.41, 5.74) is 0.816. The van der Waals surface area contributed by atoms with Gasteiger partial charge >= 0.3 is 0 Å². The van der Waals surface area contributed by atoms with Crippen LogP contribution in [0.4, 0.5) is 0 Å². The standard InChI is InChI=1S/C22H20N2O4/c25-18-12-17(27-11-5-4-9-24-10-8-23-15-24)13-21-22(18)19(26)14-20(28-21)16-6-2-1-3-7-16/h1-3,6-8,10,12-15,25H,4-5,9,11H2. The van der Waals surface area contributed by atoms with Gasteiger partial charge in [-0.2, -0.15) is 0 Å². The molecule has 142 valence electrons. The van der Waals surface area contributed by atoms with E-state index in [2.05, 4.69) is 4.98 Å². The molecule has 0 amide bonds. The molecule has 0 saturated heterocycles. The minimum absolute atomic E-state index is 0.140. The Morgan fingerprint density at radius 2 is 1.96 bits per heavy atom. The summed E-state index contributed by atoms with van der Waals surface area (Å²) < 4.78 is 13.6. The predicted octanol–water partition coefficient (Wildman–Crippen LogP) is 4.22. The predicted molar refractivity (Wildman–Crippen MR) is 107 cm³/mol. The monoisotopic (exact) mass is 376 g/mol. The topological polar surface area (TPSA) is 77.5 Å². The number of aromatic hydroxyl groups is 1. The lowest BCUT2D eigenvalue weighted by atomic mass is 10.1. The van der Waals surface area contributed by atoms with Gasteiger partial charge in [-0.15, -0.1) is 0 Å². The summed E-state index contributed by atoms with van der Waals surface area (Å²) in [6.07, 6.45) is 7.27. The molecule has 0 aliphatic carbocycles. The average molecular weight is 376 g/mol. The molecule has 0 aliphatic heterocycles. The van der Waals surface area contributed by atoms with Crippen molar-refractivity contribution in [1.82, 2.24) is 9.55 Å². The van der Waals surface area contributed by atoms with Crippen LogP contribution in [0.3, 0.4) is 0 Å². The second-order valence-electron chi connectivity index (χ2n) is 6.51. The van der Waals surface area contributed by atoms with E-state index in [1.54, 1.807) is 18.6 Å². The lowest BCUT2D eigenvalue weighted by molar-refractivity contribution is 0.301. The van der Waals surface area contributed by atoms with Crippen molar-refractivity contribution in [3.63, 3.8) is 0 Å². The Hall–Kier alpha value is -3.54. The van der Waals surface area contributed by atoms with Crippen molar-refractivity contribution in [3.8, 4) is 22.8 Å². The number of benzene rings is 2. The van der Waals surface area contributed by atoms with Crippen molar-refractivity contribution in [3.05, 3.63) is 77.5 Å². The smallest absolute Gasteiger partial charge is 0.197 e. The molecule has 0 aliphatic rings. The number of nitrogens with zero attached hydrogens (tertiary/aromatic N) is 2. The number of imidazole rings is 1. The highest BCUT2D eigenvalue weighted by Crippen LogP contribution is 2.31. The number of phenolic OH excluding ortho intramolecular Hbond substituents is 1. The molecule has 0 radical (unpaired) electrons. The van der Waals surface area contributed by atoms with Crippen LogP contribution in [0.1, 0.15) is 12.8 Å². The number of aryl methyl sites for hydroxylation is 1. The number of unbranched alkanes of at least 4 members (excludes halogenated alkanes) is 1. The van der Waals surface area contributed by atoms with Gasteiger partial charge in [0.05, 0.1) is 12.9 Å². The van der Waals surface area contributed by atoms with Crippen molar-refractivity contribution < 1.29 is 14.3 Å². The summed E-state index contributed by atoms with van der Waals surface area (Å²) >= 11 is 0. The molecule has 6 nitrogen and oxygen atoms in total. The van der Waals surface area contributed by atoms with Crippen LogP contribution in [0.5, 0.6) is 11.5 Å². The van der Waals surface area contributed by atoms with E-state index in [0.717, 1.165) is 24.9 Å². The van der Waals surface area contributed by atoms with Gasteiger partial charge in [-0.1, -0.05) is 30.3 Å². The zero-order valence-electron chi connectivity index (χ0n) is 15.2. The highest BCUT2D eigenvalue weighted by atomic mass is 16.5. The fourth-order valence-electron chi connectivity index (χ4n) is 3.08. The number of hydrogen-bond acceptors (Lipinski definition) is 5. The zero-order valence-corrected chi connectivity index (χ0v) is 15.2. The molecule has 4 aromatic rings.